The van der Waals surface area contributed by atoms with Crippen molar-refractivity contribution in [1.29, 1.82) is 0 Å². The molecule has 1 aromatic heterocycles. The van der Waals surface area contributed by atoms with Gasteiger partial charge in [-0.15, -0.1) is 0 Å². The number of amides is 2. The minimum Gasteiger partial charge on any atom is -0.361 e. The fraction of sp³-hybridized carbons (Fsp3) is 0.353. The Morgan fingerprint density at radius 3 is 2.52 bits per heavy atom. The lowest BCUT2D eigenvalue weighted by atomic mass is 10.1. The third-order valence-electron chi connectivity index (χ3n) is 3.67. The first kappa shape index (κ1) is 16.7. The first-order valence-corrected chi connectivity index (χ1v) is 7.58. The normalized spacial score (nSPS) is 11.8. The molecule has 1 unspecified atom stereocenters. The number of carbonyl (C=O) groups excluding carboxylic acids is 2. The summed E-state index contributed by atoms with van der Waals surface area (Å²) < 4.78 is 5.01. The highest BCUT2D eigenvalue weighted by Crippen LogP contribution is 2.19. The molecule has 0 aliphatic rings. The van der Waals surface area contributed by atoms with E-state index in [9.17, 15) is 9.59 Å². The quantitative estimate of drug-likeness (QED) is 0.888. The lowest BCUT2D eigenvalue weighted by molar-refractivity contribution is 0.0940. The van der Waals surface area contributed by atoms with E-state index in [-0.39, 0.29) is 17.9 Å². The number of nitrogens with zero attached hydrogens (tertiary/aromatic N) is 1. The number of benzene rings is 1. The highest BCUT2D eigenvalue weighted by molar-refractivity contribution is 6.09. The van der Waals surface area contributed by atoms with Gasteiger partial charge in [0.2, 0.25) is 0 Å². The molecule has 122 valence electrons. The average molecular weight is 315 g/mol. The molecule has 0 bridgehead atoms. The Hall–Kier alpha value is -2.63. The number of carbonyl (C=O) groups is 2. The Kier molecular flexibility index (Phi) is 5.16. The summed E-state index contributed by atoms with van der Waals surface area (Å²) in [6.45, 7) is 7.31. The van der Waals surface area contributed by atoms with Gasteiger partial charge in [0.05, 0.1) is 16.9 Å². The monoisotopic (exact) mass is 315 g/mol. The van der Waals surface area contributed by atoms with Crippen LogP contribution in [-0.2, 0) is 0 Å². The van der Waals surface area contributed by atoms with E-state index >= 15 is 0 Å². The van der Waals surface area contributed by atoms with Gasteiger partial charge in [-0.3, -0.25) is 9.59 Å². The number of aromatic nitrogens is 1. The number of anilines is 1. The van der Waals surface area contributed by atoms with Crippen LogP contribution in [0.15, 0.2) is 28.8 Å². The topological polar surface area (TPSA) is 84.2 Å². The molecule has 0 fully saturated rings. The minimum atomic E-state index is -0.343. The molecule has 6 nitrogen and oxygen atoms in total. The molecule has 1 aromatic carbocycles. The van der Waals surface area contributed by atoms with Crippen LogP contribution in [-0.4, -0.2) is 23.0 Å². The van der Waals surface area contributed by atoms with Crippen molar-refractivity contribution in [3.8, 4) is 0 Å². The number of hydrogen-bond acceptors (Lipinski definition) is 4. The van der Waals surface area contributed by atoms with E-state index in [1.54, 1.807) is 38.1 Å². The summed E-state index contributed by atoms with van der Waals surface area (Å²) in [7, 11) is 0. The van der Waals surface area contributed by atoms with Crippen molar-refractivity contribution in [1.82, 2.24) is 10.5 Å². The molecule has 2 N–H and O–H groups in total. The van der Waals surface area contributed by atoms with Crippen LogP contribution in [0.1, 0.15) is 52.4 Å². The fourth-order valence-corrected chi connectivity index (χ4v) is 2.19. The number of para-hydroxylation sites is 1. The van der Waals surface area contributed by atoms with Gasteiger partial charge in [0, 0.05) is 6.04 Å². The van der Waals surface area contributed by atoms with Crippen molar-refractivity contribution in [2.45, 2.75) is 40.2 Å². The van der Waals surface area contributed by atoms with Crippen molar-refractivity contribution in [2.24, 2.45) is 0 Å². The van der Waals surface area contributed by atoms with E-state index in [0.717, 1.165) is 6.42 Å². The zero-order chi connectivity index (χ0) is 17.0. The van der Waals surface area contributed by atoms with Crippen LogP contribution in [0.2, 0.25) is 0 Å². The Labute approximate surface area is 135 Å². The maximum absolute atomic E-state index is 12.4. The van der Waals surface area contributed by atoms with E-state index in [1.165, 1.54) is 0 Å². The van der Waals surface area contributed by atoms with Gasteiger partial charge in [0.25, 0.3) is 11.8 Å². The van der Waals surface area contributed by atoms with E-state index in [2.05, 4.69) is 15.8 Å². The van der Waals surface area contributed by atoms with E-state index in [1.807, 2.05) is 13.8 Å². The third-order valence-corrected chi connectivity index (χ3v) is 3.67. The number of nitrogens with one attached hydrogen (secondary N) is 2. The van der Waals surface area contributed by atoms with Gasteiger partial charge in [-0.25, -0.2) is 0 Å². The number of hydrogen-bond donors (Lipinski definition) is 2. The smallest absolute Gasteiger partial charge is 0.261 e. The second-order valence-electron chi connectivity index (χ2n) is 5.48. The highest BCUT2D eigenvalue weighted by Gasteiger charge is 2.20. The van der Waals surface area contributed by atoms with Crippen molar-refractivity contribution in [3.05, 3.63) is 46.8 Å². The van der Waals surface area contributed by atoms with Crippen LogP contribution in [0.25, 0.3) is 0 Å². The van der Waals surface area contributed by atoms with Gasteiger partial charge in [-0.1, -0.05) is 24.2 Å². The van der Waals surface area contributed by atoms with Crippen molar-refractivity contribution in [3.63, 3.8) is 0 Å². The Morgan fingerprint density at radius 1 is 1.22 bits per heavy atom. The maximum atomic E-state index is 12.4. The van der Waals surface area contributed by atoms with Crippen LogP contribution in [0.3, 0.4) is 0 Å². The van der Waals surface area contributed by atoms with Crippen LogP contribution >= 0.6 is 0 Å². The Morgan fingerprint density at radius 2 is 1.91 bits per heavy atom. The van der Waals surface area contributed by atoms with Crippen molar-refractivity contribution in [2.75, 3.05) is 5.32 Å². The van der Waals surface area contributed by atoms with E-state index in [4.69, 9.17) is 4.52 Å². The van der Waals surface area contributed by atoms with Crippen molar-refractivity contribution >= 4 is 17.5 Å². The molecule has 0 saturated heterocycles. The first-order chi connectivity index (χ1) is 10.9. The third kappa shape index (κ3) is 3.77. The largest absolute Gasteiger partial charge is 0.361 e. The summed E-state index contributed by atoms with van der Waals surface area (Å²) in [6, 6.07) is 6.97. The van der Waals surface area contributed by atoms with Gasteiger partial charge in [0.15, 0.2) is 0 Å². The molecule has 0 aliphatic carbocycles. The molecule has 2 aromatic rings. The lowest BCUT2D eigenvalue weighted by Gasteiger charge is -2.14. The van der Waals surface area contributed by atoms with Crippen LogP contribution < -0.4 is 10.6 Å². The van der Waals surface area contributed by atoms with Gasteiger partial charge < -0.3 is 15.2 Å². The average Bonchev–Trinajstić information content (AvgIpc) is 2.86. The summed E-state index contributed by atoms with van der Waals surface area (Å²) >= 11 is 0. The van der Waals surface area contributed by atoms with Crippen LogP contribution in [0, 0.1) is 13.8 Å². The fourth-order valence-electron chi connectivity index (χ4n) is 2.19. The predicted molar refractivity (Wildman–Crippen MR) is 87.6 cm³/mol. The zero-order valence-corrected chi connectivity index (χ0v) is 13.8. The van der Waals surface area contributed by atoms with Crippen molar-refractivity contribution < 1.29 is 14.1 Å². The summed E-state index contributed by atoms with van der Waals surface area (Å²) in [6.07, 6.45) is 0.833. The second kappa shape index (κ2) is 7.09. The van der Waals surface area contributed by atoms with Gasteiger partial charge in [-0.2, -0.15) is 0 Å². The molecular formula is C17H21N3O3. The predicted octanol–water partition coefficient (Wildman–Crippen LogP) is 3.07. The number of rotatable bonds is 5. The summed E-state index contributed by atoms with van der Waals surface area (Å²) in [5.74, 6) is -0.111. The minimum absolute atomic E-state index is 0.0637. The molecule has 6 heteroatoms. The SMILES string of the molecule is CCC(C)NC(=O)c1ccccc1NC(=O)c1c(C)noc1C. The molecular weight excluding hydrogens is 294 g/mol. The molecule has 2 amide bonds. The molecule has 0 saturated carbocycles. The standard InChI is InChI=1S/C17H21N3O3/c1-5-10(2)18-16(21)13-8-6-7-9-14(13)19-17(22)15-11(3)20-23-12(15)4/h6-10H,5H2,1-4H3,(H,18,21)(H,19,22). The maximum Gasteiger partial charge on any atom is 0.261 e. The molecule has 0 radical (unpaired) electrons. The highest BCUT2D eigenvalue weighted by atomic mass is 16.5. The first-order valence-electron chi connectivity index (χ1n) is 7.58. The molecule has 0 aliphatic heterocycles. The van der Waals surface area contributed by atoms with E-state index < -0.39 is 0 Å². The molecule has 1 atom stereocenters. The van der Waals surface area contributed by atoms with E-state index in [0.29, 0.717) is 28.3 Å². The van der Waals surface area contributed by atoms with Gasteiger partial charge >= 0.3 is 0 Å². The summed E-state index contributed by atoms with van der Waals surface area (Å²) in [5, 5.41) is 9.43. The van der Waals surface area contributed by atoms with Crippen LogP contribution in [0.5, 0.6) is 0 Å². The molecule has 0 spiro atoms. The van der Waals surface area contributed by atoms with Gasteiger partial charge in [0.1, 0.15) is 11.3 Å². The summed E-state index contributed by atoms with van der Waals surface area (Å²) in [4.78, 5) is 24.8. The number of aryl methyl sites for hydroxylation is 2. The molecule has 2 rings (SSSR count). The second-order valence-corrected chi connectivity index (χ2v) is 5.48. The Bertz CT molecular complexity index is 702. The lowest BCUT2D eigenvalue weighted by Crippen LogP contribution is -2.32. The molecule has 23 heavy (non-hydrogen) atoms. The molecule has 1 heterocycles. The van der Waals surface area contributed by atoms with Crippen LogP contribution in [0.4, 0.5) is 5.69 Å². The Balaban J connectivity index is 2.24. The van der Waals surface area contributed by atoms with Gasteiger partial charge in [-0.05, 0) is 39.3 Å². The zero-order valence-electron chi connectivity index (χ0n) is 13.8. The summed E-state index contributed by atoms with van der Waals surface area (Å²) in [5.41, 5.74) is 1.79.